The highest BCUT2D eigenvalue weighted by Crippen LogP contribution is 2.46. The molecule has 1 aromatic carbocycles. The molecule has 2 aromatic rings. The molecule has 0 amide bonds. The molecule has 1 aliphatic heterocycles. The summed E-state index contributed by atoms with van der Waals surface area (Å²) < 4.78 is 99.6. The number of rotatable bonds is 5. The van der Waals surface area contributed by atoms with Gasteiger partial charge in [-0.25, -0.2) is 31.5 Å². The minimum atomic E-state index is -5.08. The number of esters is 1. The Balaban J connectivity index is 2.44. The molecular formula is C19H16F5N3O4S. The summed E-state index contributed by atoms with van der Waals surface area (Å²) in [5, 5.41) is 0. The van der Waals surface area contributed by atoms with Gasteiger partial charge in [-0.3, -0.25) is 4.79 Å². The molecule has 2 heterocycles. The Morgan fingerprint density at radius 1 is 1.12 bits per heavy atom. The molecule has 0 saturated carbocycles. The zero-order valence-corrected chi connectivity index (χ0v) is 17.4. The van der Waals surface area contributed by atoms with Crippen molar-refractivity contribution in [2.75, 3.05) is 10.8 Å². The van der Waals surface area contributed by atoms with Crippen LogP contribution in [0.3, 0.4) is 0 Å². The Morgan fingerprint density at radius 3 is 2.34 bits per heavy atom. The van der Waals surface area contributed by atoms with Crippen molar-refractivity contribution < 1.29 is 39.9 Å². The Morgan fingerprint density at radius 2 is 1.75 bits per heavy atom. The van der Waals surface area contributed by atoms with Crippen LogP contribution in [-0.2, 0) is 25.7 Å². The third kappa shape index (κ3) is 4.29. The Kier molecular flexibility index (Phi) is 6.22. The summed E-state index contributed by atoms with van der Waals surface area (Å²) in [6, 6.07) is 3.65. The zero-order valence-electron chi connectivity index (χ0n) is 16.6. The number of anilines is 1. The molecule has 0 saturated heterocycles. The van der Waals surface area contributed by atoms with Gasteiger partial charge in [0.05, 0.1) is 18.0 Å². The van der Waals surface area contributed by atoms with E-state index in [4.69, 9.17) is 4.74 Å². The lowest BCUT2D eigenvalue weighted by molar-refractivity contribution is -0.140. The van der Waals surface area contributed by atoms with Crippen LogP contribution in [0.2, 0.25) is 0 Å². The van der Waals surface area contributed by atoms with E-state index in [1.165, 1.54) is 13.8 Å². The smallest absolute Gasteiger partial charge is 0.417 e. The summed E-state index contributed by atoms with van der Waals surface area (Å²) in [4.78, 5) is 18.8. The van der Waals surface area contributed by atoms with Crippen LogP contribution in [0.4, 0.5) is 27.8 Å². The van der Waals surface area contributed by atoms with Crippen LogP contribution >= 0.6 is 0 Å². The lowest BCUT2D eigenvalue weighted by atomic mass is 10.0. The predicted molar refractivity (Wildman–Crippen MR) is 103 cm³/mol. The number of halogens is 5. The minimum Gasteiger partial charge on any atom is -0.422 e. The largest absolute Gasteiger partial charge is 0.422 e. The van der Waals surface area contributed by atoms with Gasteiger partial charge in [0.1, 0.15) is 4.91 Å². The lowest BCUT2D eigenvalue weighted by Gasteiger charge is -2.32. The van der Waals surface area contributed by atoms with Crippen LogP contribution in [0.1, 0.15) is 30.7 Å². The van der Waals surface area contributed by atoms with Gasteiger partial charge in [-0.1, -0.05) is 32.0 Å². The van der Waals surface area contributed by atoms with Crippen LogP contribution in [0.25, 0.3) is 10.7 Å². The van der Waals surface area contributed by atoms with Gasteiger partial charge >= 0.3 is 12.1 Å². The van der Waals surface area contributed by atoms with Crippen molar-refractivity contribution in [1.82, 2.24) is 9.97 Å². The van der Waals surface area contributed by atoms with E-state index in [0.29, 0.717) is 6.07 Å². The van der Waals surface area contributed by atoms with Gasteiger partial charge in [-0.05, 0) is 6.07 Å². The number of hydrogen-bond donors (Lipinski definition) is 0. The predicted octanol–water partition coefficient (Wildman–Crippen LogP) is 3.94. The normalized spacial score (nSPS) is 15.8. The highest BCUT2D eigenvalue weighted by molar-refractivity contribution is 8.02. The SMILES string of the molecule is CC(C)C(=O)OC1=C(c2ccccc2C(F)(F)F)S(=O)(=O)N(CC(F)F)c2nccnc21. The molecular weight excluding hydrogens is 461 g/mol. The number of benzene rings is 1. The first kappa shape index (κ1) is 23.6. The highest BCUT2D eigenvalue weighted by Gasteiger charge is 2.46. The topological polar surface area (TPSA) is 89.5 Å². The van der Waals surface area contributed by atoms with Crippen LogP contribution in [0.5, 0.6) is 0 Å². The first-order chi connectivity index (χ1) is 14.9. The average Bonchev–Trinajstić information content (AvgIpc) is 2.70. The summed E-state index contributed by atoms with van der Waals surface area (Å²) in [6.45, 7) is 1.45. The summed E-state index contributed by atoms with van der Waals surface area (Å²) in [5.41, 5.74) is -2.69. The standard InChI is InChI=1S/C19H16F5N3O4S/c1-10(2)18(28)31-15-14-17(26-8-7-25-14)27(9-13(20)21)32(29,30)16(15)11-5-3-4-6-12(11)19(22,23)24/h3-8,10,13H,9H2,1-2H3. The lowest BCUT2D eigenvalue weighted by Crippen LogP contribution is -2.40. The van der Waals surface area contributed by atoms with E-state index in [2.05, 4.69) is 9.97 Å². The molecule has 7 nitrogen and oxygen atoms in total. The van der Waals surface area contributed by atoms with Crippen molar-refractivity contribution in [3.63, 3.8) is 0 Å². The fraction of sp³-hybridized carbons (Fsp3) is 0.316. The molecule has 13 heteroatoms. The van der Waals surface area contributed by atoms with Crippen molar-refractivity contribution in [2.24, 2.45) is 5.92 Å². The third-order valence-electron chi connectivity index (χ3n) is 4.34. The molecule has 0 fully saturated rings. The van der Waals surface area contributed by atoms with E-state index < -0.39 is 74.4 Å². The Labute approximate surface area is 179 Å². The number of carbonyl (C=O) groups is 1. The van der Waals surface area contributed by atoms with Gasteiger partial charge in [-0.2, -0.15) is 13.2 Å². The summed E-state index contributed by atoms with van der Waals surface area (Å²) in [7, 11) is -5.08. The first-order valence-electron chi connectivity index (χ1n) is 9.10. The second-order valence-corrected chi connectivity index (χ2v) is 8.73. The zero-order chi connectivity index (χ0) is 23.8. The quantitative estimate of drug-likeness (QED) is 0.479. The van der Waals surface area contributed by atoms with E-state index in [9.17, 15) is 35.2 Å². The summed E-state index contributed by atoms with van der Waals surface area (Å²) in [5.74, 6) is -3.15. The highest BCUT2D eigenvalue weighted by atomic mass is 32.2. The number of alkyl halides is 5. The number of carbonyl (C=O) groups excluding carboxylic acids is 1. The van der Waals surface area contributed by atoms with Crippen molar-refractivity contribution in [3.05, 3.63) is 53.5 Å². The molecule has 32 heavy (non-hydrogen) atoms. The fourth-order valence-corrected chi connectivity index (χ4v) is 4.65. The van der Waals surface area contributed by atoms with E-state index in [0.717, 1.165) is 30.6 Å². The van der Waals surface area contributed by atoms with Gasteiger partial charge in [-0.15, -0.1) is 0 Å². The van der Waals surface area contributed by atoms with E-state index in [1.807, 2.05) is 0 Å². The number of sulfonamides is 1. The molecule has 0 radical (unpaired) electrons. The molecule has 3 rings (SSSR count). The van der Waals surface area contributed by atoms with Crippen molar-refractivity contribution in [2.45, 2.75) is 26.4 Å². The molecule has 0 atom stereocenters. The van der Waals surface area contributed by atoms with E-state index >= 15 is 0 Å². The van der Waals surface area contributed by atoms with Crippen molar-refractivity contribution in [1.29, 1.82) is 0 Å². The van der Waals surface area contributed by atoms with Gasteiger partial charge < -0.3 is 4.74 Å². The maximum atomic E-state index is 13.7. The molecule has 0 N–H and O–H groups in total. The van der Waals surface area contributed by atoms with Crippen LogP contribution in [-0.4, -0.2) is 37.3 Å². The van der Waals surface area contributed by atoms with Crippen molar-refractivity contribution >= 4 is 32.5 Å². The van der Waals surface area contributed by atoms with Crippen molar-refractivity contribution in [3.8, 4) is 0 Å². The summed E-state index contributed by atoms with van der Waals surface area (Å²) >= 11 is 0. The molecule has 1 aliphatic rings. The van der Waals surface area contributed by atoms with Gasteiger partial charge in [0, 0.05) is 18.0 Å². The Hall–Kier alpha value is -3.09. The molecule has 1 aromatic heterocycles. The van der Waals surface area contributed by atoms with E-state index in [1.54, 1.807) is 0 Å². The number of nitrogens with zero attached hydrogens (tertiary/aromatic N) is 3. The van der Waals surface area contributed by atoms with Crippen LogP contribution in [0, 0.1) is 5.92 Å². The Bertz CT molecular complexity index is 1180. The maximum absolute atomic E-state index is 13.7. The van der Waals surface area contributed by atoms with Crippen LogP contribution < -0.4 is 4.31 Å². The number of fused-ring (bicyclic) bond motifs is 1. The second-order valence-electron chi connectivity index (χ2n) is 6.93. The molecule has 0 aliphatic carbocycles. The van der Waals surface area contributed by atoms with Crippen LogP contribution in [0.15, 0.2) is 36.7 Å². The monoisotopic (exact) mass is 477 g/mol. The third-order valence-corrected chi connectivity index (χ3v) is 6.16. The fourth-order valence-electron chi connectivity index (χ4n) is 2.93. The van der Waals surface area contributed by atoms with E-state index in [-0.39, 0.29) is 4.31 Å². The number of aromatic nitrogens is 2. The molecule has 0 spiro atoms. The molecule has 0 unspecified atom stereocenters. The number of ether oxygens (including phenoxy) is 1. The second kappa shape index (κ2) is 8.45. The first-order valence-corrected chi connectivity index (χ1v) is 10.5. The maximum Gasteiger partial charge on any atom is 0.417 e. The molecule has 0 bridgehead atoms. The van der Waals surface area contributed by atoms with Gasteiger partial charge in [0.25, 0.3) is 16.4 Å². The number of hydrogen-bond acceptors (Lipinski definition) is 6. The average molecular weight is 477 g/mol. The molecule has 172 valence electrons. The van der Waals surface area contributed by atoms with Gasteiger partial charge in [0.15, 0.2) is 17.3 Å². The van der Waals surface area contributed by atoms with Gasteiger partial charge in [0.2, 0.25) is 0 Å². The minimum absolute atomic E-state index is 0.162. The summed E-state index contributed by atoms with van der Waals surface area (Å²) in [6.07, 6.45) is -6.10.